The molecule has 1 aliphatic carbocycles. The van der Waals surface area contributed by atoms with Gasteiger partial charge in [-0.1, -0.05) is 19.3 Å². The van der Waals surface area contributed by atoms with Crippen molar-refractivity contribution in [3.63, 3.8) is 0 Å². The molecule has 1 aromatic heterocycles. The Morgan fingerprint density at radius 3 is 2.65 bits per heavy atom. The zero-order valence-electron chi connectivity index (χ0n) is 15.3. The van der Waals surface area contributed by atoms with Crippen LogP contribution in [-0.4, -0.2) is 29.3 Å². The van der Waals surface area contributed by atoms with Gasteiger partial charge in [-0.25, -0.2) is 4.39 Å². The molecule has 6 heteroatoms. The predicted molar refractivity (Wildman–Crippen MR) is 98.4 cm³/mol. The van der Waals surface area contributed by atoms with Gasteiger partial charge in [0, 0.05) is 11.6 Å². The number of carbonyl (C=O) groups is 1. The van der Waals surface area contributed by atoms with Crippen LogP contribution < -0.4 is 15.2 Å². The summed E-state index contributed by atoms with van der Waals surface area (Å²) >= 11 is 0. The van der Waals surface area contributed by atoms with Gasteiger partial charge in [0.2, 0.25) is 0 Å². The molecular formula is C20H25FN2O3. The van der Waals surface area contributed by atoms with Crippen molar-refractivity contribution in [1.82, 2.24) is 4.98 Å². The van der Waals surface area contributed by atoms with E-state index in [0.29, 0.717) is 35.2 Å². The van der Waals surface area contributed by atoms with Crippen LogP contribution in [0.15, 0.2) is 24.4 Å². The lowest BCUT2D eigenvalue weighted by Crippen LogP contribution is -2.33. The number of nitrogens with two attached hydrogens (primary N) is 1. The van der Waals surface area contributed by atoms with E-state index in [1.54, 1.807) is 24.4 Å². The molecule has 2 N–H and O–H groups in total. The number of nitrogens with zero attached hydrogens (tertiary/aromatic N) is 1. The Morgan fingerprint density at radius 2 is 2.00 bits per heavy atom. The molecule has 1 aliphatic rings. The fourth-order valence-corrected chi connectivity index (χ4v) is 3.35. The Kier molecular flexibility index (Phi) is 5.30. The number of hydrogen-bond donors (Lipinski definition) is 1. The molecule has 140 valence electrons. The number of carbonyl (C=O) groups excluding carboxylic acids is 1. The lowest BCUT2D eigenvalue weighted by molar-refractivity contribution is 0.0482. The van der Waals surface area contributed by atoms with E-state index >= 15 is 0 Å². The fourth-order valence-electron chi connectivity index (χ4n) is 3.35. The minimum absolute atomic E-state index is 0.0179. The molecule has 26 heavy (non-hydrogen) atoms. The number of rotatable bonds is 6. The maximum absolute atomic E-state index is 14.9. The van der Waals surface area contributed by atoms with Crippen LogP contribution in [0.5, 0.6) is 11.5 Å². The topological polar surface area (TPSA) is 74.4 Å². The van der Waals surface area contributed by atoms with Crippen molar-refractivity contribution in [2.45, 2.75) is 57.7 Å². The van der Waals surface area contributed by atoms with E-state index < -0.39 is 11.6 Å². The SMILES string of the molecule is CC(C)Oc1cc2c(OCC3(F)CCCCC3)ccnc2cc1C(N)=O. The Morgan fingerprint density at radius 1 is 1.27 bits per heavy atom. The zero-order chi connectivity index (χ0) is 18.7. The van der Waals surface area contributed by atoms with Crippen LogP contribution in [-0.2, 0) is 0 Å². The average molecular weight is 360 g/mol. The summed E-state index contributed by atoms with van der Waals surface area (Å²) in [6.07, 6.45) is 5.39. The zero-order valence-corrected chi connectivity index (χ0v) is 15.3. The highest BCUT2D eigenvalue weighted by Crippen LogP contribution is 2.35. The van der Waals surface area contributed by atoms with E-state index in [0.717, 1.165) is 19.3 Å². The average Bonchev–Trinajstić information content (AvgIpc) is 2.59. The highest BCUT2D eigenvalue weighted by atomic mass is 19.1. The molecule has 0 radical (unpaired) electrons. The van der Waals surface area contributed by atoms with Crippen molar-refractivity contribution in [2.75, 3.05) is 6.61 Å². The highest BCUT2D eigenvalue weighted by molar-refractivity contribution is 6.01. The van der Waals surface area contributed by atoms with E-state index in [4.69, 9.17) is 15.2 Å². The molecule has 0 unspecified atom stereocenters. The summed E-state index contributed by atoms with van der Waals surface area (Å²) in [5.74, 6) is 0.327. The lowest BCUT2D eigenvalue weighted by Gasteiger charge is -2.29. The quantitative estimate of drug-likeness (QED) is 0.839. The number of ether oxygens (including phenoxy) is 2. The van der Waals surface area contributed by atoms with Crippen molar-refractivity contribution >= 4 is 16.8 Å². The minimum atomic E-state index is -1.28. The fraction of sp³-hybridized carbons (Fsp3) is 0.500. The van der Waals surface area contributed by atoms with Gasteiger partial charge in [-0.3, -0.25) is 9.78 Å². The first-order valence-electron chi connectivity index (χ1n) is 9.09. The lowest BCUT2D eigenvalue weighted by atomic mass is 9.87. The van der Waals surface area contributed by atoms with Gasteiger partial charge in [-0.2, -0.15) is 0 Å². The van der Waals surface area contributed by atoms with Gasteiger partial charge in [0.15, 0.2) is 0 Å². The molecule has 0 bridgehead atoms. The Labute approximate surface area is 152 Å². The van der Waals surface area contributed by atoms with Crippen LogP contribution in [0, 0.1) is 0 Å². The van der Waals surface area contributed by atoms with Gasteiger partial charge < -0.3 is 15.2 Å². The number of pyridine rings is 1. The molecule has 0 saturated heterocycles. The maximum Gasteiger partial charge on any atom is 0.252 e. The molecular weight excluding hydrogens is 335 g/mol. The molecule has 1 saturated carbocycles. The van der Waals surface area contributed by atoms with Crippen LogP contribution in [0.4, 0.5) is 4.39 Å². The Bertz CT molecular complexity index is 801. The third-order valence-corrected chi connectivity index (χ3v) is 4.67. The molecule has 0 aliphatic heterocycles. The minimum Gasteiger partial charge on any atom is -0.490 e. The number of primary amides is 1. The third kappa shape index (κ3) is 4.06. The predicted octanol–water partition coefficient (Wildman–Crippen LogP) is 4.17. The second kappa shape index (κ2) is 7.48. The number of alkyl halides is 1. The molecule has 0 atom stereocenters. The first-order valence-corrected chi connectivity index (χ1v) is 9.09. The number of benzene rings is 1. The Hall–Kier alpha value is -2.37. The summed E-state index contributed by atoms with van der Waals surface area (Å²) in [4.78, 5) is 16.0. The monoisotopic (exact) mass is 360 g/mol. The van der Waals surface area contributed by atoms with Crippen molar-refractivity contribution in [3.05, 3.63) is 30.0 Å². The van der Waals surface area contributed by atoms with Crippen molar-refractivity contribution < 1.29 is 18.7 Å². The number of aromatic nitrogens is 1. The molecule has 1 aromatic carbocycles. The van der Waals surface area contributed by atoms with Crippen molar-refractivity contribution in [3.8, 4) is 11.5 Å². The molecule has 1 amide bonds. The van der Waals surface area contributed by atoms with Crippen LogP contribution in [0.25, 0.3) is 10.9 Å². The standard InChI is InChI=1S/C20H25FN2O3/c1-13(2)26-18-11-14-16(10-15(18)19(22)24)23-9-6-17(14)25-12-20(21)7-4-3-5-8-20/h6,9-11,13H,3-5,7-8,12H2,1-2H3,(H2,22,24). The largest absolute Gasteiger partial charge is 0.490 e. The molecule has 3 rings (SSSR count). The number of amides is 1. The van der Waals surface area contributed by atoms with Gasteiger partial charge in [0.1, 0.15) is 23.8 Å². The van der Waals surface area contributed by atoms with Crippen LogP contribution in [0.2, 0.25) is 0 Å². The molecule has 0 spiro atoms. The molecule has 5 nitrogen and oxygen atoms in total. The first kappa shape index (κ1) is 18.4. The van der Waals surface area contributed by atoms with E-state index in [9.17, 15) is 9.18 Å². The second-order valence-electron chi connectivity index (χ2n) is 7.21. The van der Waals surface area contributed by atoms with Crippen LogP contribution in [0.3, 0.4) is 0 Å². The van der Waals surface area contributed by atoms with E-state index in [2.05, 4.69) is 4.98 Å². The van der Waals surface area contributed by atoms with E-state index in [1.165, 1.54) is 0 Å². The van der Waals surface area contributed by atoms with Crippen molar-refractivity contribution in [1.29, 1.82) is 0 Å². The van der Waals surface area contributed by atoms with E-state index in [-0.39, 0.29) is 18.3 Å². The summed E-state index contributed by atoms with van der Waals surface area (Å²) in [5.41, 5.74) is 5.01. The highest BCUT2D eigenvalue weighted by Gasteiger charge is 2.32. The smallest absolute Gasteiger partial charge is 0.252 e. The van der Waals surface area contributed by atoms with Gasteiger partial charge in [0.25, 0.3) is 5.91 Å². The van der Waals surface area contributed by atoms with Crippen LogP contribution in [0.1, 0.15) is 56.3 Å². The van der Waals surface area contributed by atoms with Crippen molar-refractivity contribution in [2.24, 2.45) is 5.73 Å². The summed E-state index contributed by atoms with van der Waals surface area (Å²) in [7, 11) is 0. The molecule has 2 aromatic rings. The summed E-state index contributed by atoms with van der Waals surface area (Å²) in [5, 5.41) is 0.674. The summed E-state index contributed by atoms with van der Waals surface area (Å²) in [6, 6.07) is 5.00. The maximum atomic E-state index is 14.9. The first-order chi connectivity index (χ1) is 12.4. The molecule has 1 heterocycles. The Balaban J connectivity index is 1.94. The second-order valence-corrected chi connectivity index (χ2v) is 7.21. The number of halogens is 1. The summed E-state index contributed by atoms with van der Waals surface area (Å²) in [6.45, 7) is 3.75. The third-order valence-electron chi connectivity index (χ3n) is 4.67. The van der Waals surface area contributed by atoms with Gasteiger partial charge in [-0.15, -0.1) is 0 Å². The summed E-state index contributed by atoms with van der Waals surface area (Å²) < 4.78 is 26.4. The van der Waals surface area contributed by atoms with Gasteiger partial charge >= 0.3 is 0 Å². The van der Waals surface area contributed by atoms with Crippen LogP contribution >= 0.6 is 0 Å². The number of hydrogen-bond acceptors (Lipinski definition) is 4. The molecule has 1 fully saturated rings. The van der Waals surface area contributed by atoms with E-state index in [1.807, 2.05) is 13.8 Å². The van der Waals surface area contributed by atoms with Gasteiger partial charge in [-0.05, 0) is 44.9 Å². The normalized spacial score (nSPS) is 16.6. The van der Waals surface area contributed by atoms with Gasteiger partial charge in [0.05, 0.1) is 17.2 Å². The number of fused-ring (bicyclic) bond motifs is 1.